The maximum atomic E-state index is 12.5. The first-order valence-corrected chi connectivity index (χ1v) is 29.8. The molecule has 0 aromatic carbocycles. The summed E-state index contributed by atoms with van der Waals surface area (Å²) in [5.41, 5.74) is 0. The minimum absolute atomic E-state index is 0.00874. The fourth-order valence-corrected chi connectivity index (χ4v) is 9.58. The number of ether oxygens (including phenoxy) is 1. The van der Waals surface area contributed by atoms with Crippen molar-refractivity contribution in [1.29, 1.82) is 0 Å². The zero-order chi connectivity index (χ0) is 47.2. The summed E-state index contributed by atoms with van der Waals surface area (Å²) in [5.74, 6) is -0.0279. The molecule has 388 valence electrons. The molecule has 0 aliphatic carbocycles. The van der Waals surface area contributed by atoms with E-state index in [1.165, 1.54) is 270 Å². The van der Waals surface area contributed by atoms with Crippen molar-refractivity contribution in [3.63, 3.8) is 0 Å². The van der Waals surface area contributed by atoms with Crippen LogP contribution in [-0.2, 0) is 14.3 Å². The van der Waals surface area contributed by atoms with Crippen LogP contribution in [0.4, 0.5) is 0 Å². The van der Waals surface area contributed by atoms with Gasteiger partial charge in [0.2, 0.25) is 5.91 Å². The SMILES string of the molecule is CCCCCCCCCCCCCCCCCCCC(O)C(CO)NC(=O)CCCCCCCCCCCCCCCCCCCOC(=O)CCCCCCCCCCCCCCCC. The average molecular weight is 921 g/mol. The topological polar surface area (TPSA) is 95.9 Å². The Kier molecular flexibility index (Phi) is 54.5. The second-order valence-electron chi connectivity index (χ2n) is 20.7. The number of aliphatic hydroxyl groups excluding tert-OH is 2. The second-order valence-corrected chi connectivity index (χ2v) is 20.7. The molecule has 2 atom stereocenters. The number of esters is 1. The van der Waals surface area contributed by atoms with Crippen molar-refractivity contribution >= 4 is 11.9 Å². The predicted octanol–water partition coefficient (Wildman–Crippen LogP) is 18.3. The van der Waals surface area contributed by atoms with Crippen LogP contribution >= 0.6 is 0 Å². The van der Waals surface area contributed by atoms with E-state index in [1.54, 1.807) is 0 Å². The lowest BCUT2D eigenvalue weighted by molar-refractivity contribution is -0.143. The third kappa shape index (κ3) is 52.1. The Hall–Kier alpha value is -1.14. The molecule has 6 nitrogen and oxygen atoms in total. The minimum Gasteiger partial charge on any atom is -0.466 e. The predicted molar refractivity (Wildman–Crippen MR) is 283 cm³/mol. The Bertz CT molecular complexity index is 928. The Labute approximate surface area is 406 Å². The fourth-order valence-electron chi connectivity index (χ4n) is 9.58. The van der Waals surface area contributed by atoms with Crippen LogP contribution in [0.15, 0.2) is 0 Å². The maximum absolute atomic E-state index is 12.5. The van der Waals surface area contributed by atoms with Gasteiger partial charge in [-0.15, -0.1) is 0 Å². The summed E-state index contributed by atoms with van der Waals surface area (Å²) in [6.07, 6.45) is 63.8. The molecule has 0 saturated carbocycles. The van der Waals surface area contributed by atoms with Crippen LogP contribution in [0.5, 0.6) is 0 Å². The van der Waals surface area contributed by atoms with Gasteiger partial charge >= 0.3 is 5.97 Å². The van der Waals surface area contributed by atoms with Gasteiger partial charge in [0.05, 0.1) is 25.4 Å². The number of aliphatic hydroxyl groups is 2. The van der Waals surface area contributed by atoms with E-state index in [2.05, 4.69) is 19.2 Å². The molecule has 6 heteroatoms. The van der Waals surface area contributed by atoms with Crippen LogP contribution in [0.25, 0.3) is 0 Å². The van der Waals surface area contributed by atoms with E-state index in [0.717, 1.165) is 38.5 Å². The van der Waals surface area contributed by atoms with Crippen LogP contribution in [-0.4, -0.2) is 47.4 Å². The van der Waals surface area contributed by atoms with Crippen molar-refractivity contribution in [3.8, 4) is 0 Å². The number of nitrogens with one attached hydrogen (secondary N) is 1. The Balaban J connectivity index is 3.40. The molecule has 0 aliphatic rings. The molecule has 2 unspecified atom stereocenters. The third-order valence-electron chi connectivity index (χ3n) is 14.2. The van der Waals surface area contributed by atoms with Crippen LogP contribution in [0, 0.1) is 0 Å². The zero-order valence-corrected chi connectivity index (χ0v) is 44.3. The van der Waals surface area contributed by atoms with Gasteiger partial charge in [-0.3, -0.25) is 9.59 Å². The highest BCUT2D eigenvalue weighted by atomic mass is 16.5. The summed E-state index contributed by atoms with van der Waals surface area (Å²) in [6, 6.07) is -0.544. The minimum atomic E-state index is -0.667. The Morgan fingerprint density at radius 1 is 0.369 bits per heavy atom. The van der Waals surface area contributed by atoms with Gasteiger partial charge in [-0.25, -0.2) is 0 Å². The molecule has 0 heterocycles. The van der Waals surface area contributed by atoms with Gasteiger partial charge in [0.15, 0.2) is 0 Å². The highest BCUT2D eigenvalue weighted by Gasteiger charge is 2.20. The summed E-state index contributed by atoms with van der Waals surface area (Å²) in [5, 5.41) is 23.3. The van der Waals surface area contributed by atoms with Crippen molar-refractivity contribution in [2.24, 2.45) is 0 Å². The van der Waals surface area contributed by atoms with E-state index >= 15 is 0 Å². The second kappa shape index (κ2) is 55.5. The van der Waals surface area contributed by atoms with Crippen molar-refractivity contribution in [2.75, 3.05) is 13.2 Å². The van der Waals surface area contributed by atoms with E-state index < -0.39 is 12.1 Å². The summed E-state index contributed by atoms with van der Waals surface area (Å²) in [4.78, 5) is 24.5. The summed E-state index contributed by atoms with van der Waals surface area (Å²) >= 11 is 0. The van der Waals surface area contributed by atoms with Crippen molar-refractivity contribution in [3.05, 3.63) is 0 Å². The van der Waals surface area contributed by atoms with Crippen LogP contribution < -0.4 is 5.32 Å². The molecule has 1 amide bonds. The van der Waals surface area contributed by atoms with Crippen molar-refractivity contribution in [1.82, 2.24) is 5.32 Å². The first-order valence-electron chi connectivity index (χ1n) is 29.8. The molecule has 0 bridgehead atoms. The number of hydrogen-bond acceptors (Lipinski definition) is 5. The smallest absolute Gasteiger partial charge is 0.305 e. The lowest BCUT2D eigenvalue weighted by Crippen LogP contribution is -2.45. The van der Waals surface area contributed by atoms with E-state index in [9.17, 15) is 19.8 Å². The quantitative estimate of drug-likeness (QED) is 0.0417. The molecule has 0 rings (SSSR count). The Morgan fingerprint density at radius 3 is 0.938 bits per heavy atom. The average Bonchev–Trinajstić information content (AvgIpc) is 3.31. The first kappa shape index (κ1) is 63.9. The van der Waals surface area contributed by atoms with Crippen molar-refractivity contribution in [2.45, 2.75) is 353 Å². The summed E-state index contributed by atoms with van der Waals surface area (Å²) in [6.45, 7) is 4.97. The van der Waals surface area contributed by atoms with E-state index in [1.807, 2.05) is 0 Å². The maximum Gasteiger partial charge on any atom is 0.305 e. The number of amides is 1. The van der Waals surface area contributed by atoms with Gasteiger partial charge in [0.25, 0.3) is 0 Å². The number of hydrogen-bond donors (Lipinski definition) is 3. The molecular formula is C59H117NO5. The number of rotatable bonds is 56. The molecule has 65 heavy (non-hydrogen) atoms. The molecule has 0 aliphatic heterocycles. The molecule has 0 spiro atoms. The van der Waals surface area contributed by atoms with Gasteiger partial charge in [-0.2, -0.15) is 0 Å². The molecule has 0 radical (unpaired) electrons. The van der Waals surface area contributed by atoms with Gasteiger partial charge < -0.3 is 20.3 Å². The summed E-state index contributed by atoms with van der Waals surface area (Å²) < 4.78 is 5.48. The normalized spacial score (nSPS) is 12.5. The van der Waals surface area contributed by atoms with Gasteiger partial charge in [-0.1, -0.05) is 303 Å². The molecule has 3 N–H and O–H groups in total. The first-order chi connectivity index (χ1) is 32.0. The Morgan fingerprint density at radius 2 is 0.631 bits per heavy atom. The standard InChI is InChI=1S/C59H117NO5/c1-3-5-7-9-11-13-15-17-19-21-24-27-31-35-39-43-47-51-57(62)56(55-61)60-58(63)52-48-44-40-36-32-28-25-22-20-23-26-30-34-38-42-46-50-54-65-59(64)53-49-45-41-37-33-29-18-16-14-12-10-8-6-4-2/h56-57,61-62H,3-55H2,1-2H3,(H,60,63). The van der Waals surface area contributed by atoms with Crippen LogP contribution in [0.1, 0.15) is 341 Å². The highest BCUT2D eigenvalue weighted by molar-refractivity contribution is 5.76. The van der Waals surface area contributed by atoms with E-state index in [-0.39, 0.29) is 18.5 Å². The summed E-state index contributed by atoms with van der Waals surface area (Å²) in [7, 11) is 0. The van der Waals surface area contributed by atoms with Crippen LogP contribution in [0.3, 0.4) is 0 Å². The number of unbranched alkanes of at least 4 members (excludes halogenated alkanes) is 45. The lowest BCUT2D eigenvalue weighted by Gasteiger charge is -2.22. The van der Waals surface area contributed by atoms with Gasteiger partial charge in [0, 0.05) is 12.8 Å². The van der Waals surface area contributed by atoms with E-state index in [0.29, 0.717) is 25.9 Å². The largest absolute Gasteiger partial charge is 0.466 e. The van der Waals surface area contributed by atoms with Gasteiger partial charge in [0.1, 0.15) is 0 Å². The molecule has 0 fully saturated rings. The molecule has 0 aromatic heterocycles. The van der Waals surface area contributed by atoms with Crippen LogP contribution in [0.2, 0.25) is 0 Å². The number of carbonyl (C=O) groups excluding carboxylic acids is 2. The molecule has 0 aromatic rings. The molecular weight excluding hydrogens is 803 g/mol. The highest BCUT2D eigenvalue weighted by Crippen LogP contribution is 2.18. The fraction of sp³-hybridized carbons (Fsp3) is 0.966. The van der Waals surface area contributed by atoms with Gasteiger partial charge in [-0.05, 0) is 25.7 Å². The molecule has 0 saturated heterocycles. The number of carbonyl (C=O) groups is 2. The zero-order valence-electron chi connectivity index (χ0n) is 44.3. The van der Waals surface area contributed by atoms with E-state index in [4.69, 9.17) is 4.74 Å². The third-order valence-corrected chi connectivity index (χ3v) is 14.2. The van der Waals surface area contributed by atoms with Crippen molar-refractivity contribution < 1.29 is 24.5 Å². The lowest BCUT2D eigenvalue weighted by atomic mass is 10.0. The monoisotopic (exact) mass is 920 g/mol.